The van der Waals surface area contributed by atoms with Crippen molar-refractivity contribution >= 4 is 9.84 Å². The first-order valence-electron chi connectivity index (χ1n) is 5.83. The Morgan fingerprint density at radius 3 is 2.76 bits per heavy atom. The highest BCUT2D eigenvalue weighted by atomic mass is 32.2. The van der Waals surface area contributed by atoms with Gasteiger partial charge in [0, 0.05) is 24.0 Å². The Balaban J connectivity index is 2.37. The lowest BCUT2D eigenvalue weighted by Gasteiger charge is -2.34. The van der Waals surface area contributed by atoms with Crippen molar-refractivity contribution in [3.63, 3.8) is 0 Å². The Hall–Kier alpha value is -0.810. The molecule has 17 heavy (non-hydrogen) atoms. The lowest BCUT2D eigenvalue weighted by atomic mass is 9.77. The molecular formula is C12H19NO3S. The molecule has 1 fully saturated rings. The predicted octanol–water partition coefficient (Wildman–Crippen LogP) is 1.35. The molecule has 4 nitrogen and oxygen atoms in total. The van der Waals surface area contributed by atoms with Gasteiger partial charge in [0.1, 0.15) is 0 Å². The zero-order valence-corrected chi connectivity index (χ0v) is 11.1. The van der Waals surface area contributed by atoms with Gasteiger partial charge < -0.3 is 10.5 Å². The number of ether oxygens (including phenoxy) is 1. The molecule has 1 aliphatic heterocycles. The van der Waals surface area contributed by atoms with Gasteiger partial charge in [0.05, 0.1) is 11.0 Å². The summed E-state index contributed by atoms with van der Waals surface area (Å²) in [7, 11) is -3.26. The first-order valence-corrected chi connectivity index (χ1v) is 7.72. The summed E-state index contributed by atoms with van der Waals surface area (Å²) in [6.07, 6.45) is 7.65. The minimum atomic E-state index is -3.26. The van der Waals surface area contributed by atoms with Crippen molar-refractivity contribution in [2.45, 2.75) is 32.3 Å². The molecule has 0 bridgehead atoms. The highest BCUT2D eigenvalue weighted by molar-refractivity contribution is 7.94. The predicted molar refractivity (Wildman–Crippen MR) is 66.9 cm³/mol. The highest BCUT2D eigenvalue weighted by Gasteiger charge is 2.38. The summed E-state index contributed by atoms with van der Waals surface area (Å²) in [5, 5.41) is 0. The summed E-state index contributed by atoms with van der Waals surface area (Å²) in [5.74, 6) is 0. The lowest BCUT2D eigenvalue weighted by molar-refractivity contribution is 0.0350. The van der Waals surface area contributed by atoms with Crippen LogP contribution in [0, 0.1) is 5.41 Å². The third kappa shape index (κ3) is 2.40. The molecule has 0 aromatic carbocycles. The maximum atomic E-state index is 11.7. The van der Waals surface area contributed by atoms with E-state index in [1.165, 1.54) is 6.26 Å². The Morgan fingerprint density at radius 2 is 2.24 bits per heavy atom. The Bertz CT molecular complexity index is 472. The maximum Gasteiger partial charge on any atom is 0.177 e. The molecule has 1 aliphatic carbocycles. The second-order valence-corrected chi connectivity index (χ2v) is 7.14. The normalized spacial score (nSPS) is 34.4. The number of sulfone groups is 1. The highest BCUT2D eigenvalue weighted by Crippen LogP contribution is 2.41. The fourth-order valence-corrected chi connectivity index (χ4v) is 3.51. The summed E-state index contributed by atoms with van der Waals surface area (Å²) in [6, 6.07) is 0. The molecule has 2 rings (SSSR count). The van der Waals surface area contributed by atoms with Crippen LogP contribution in [0.4, 0.5) is 0 Å². The van der Waals surface area contributed by atoms with Crippen molar-refractivity contribution in [3.05, 3.63) is 22.8 Å². The molecule has 5 heteroatoms. The number of rotatable bonds is 2. The van der Waals surface area contributed by atoms with E-state index < -0.39 is 9.84 Å². The molecule has 96 valence electrons. The zero-order valence-electron chi connectivity index (χ0n) is 10.3. The first kappa shape index (κ1) is 12.6. The smallest absolute Gasteiger partial charge is 0.177 e. The van der Waals surface area contributed by atoms with E-state index in [1.54, 1.807) is 12.2 Å². The van der Waals surface area contributed by atoms with Gasteiger partial charge in [0.25, 0.3) is 0 Å². The number of hydrogen-bond acceptors (Lipinski definition) is 4. The summed E-state index contributed by atoms with van der Waals surface area (Å²) >= 11 is 0. The van der Waals surface area contributed by atoms with Crippen molar-refractivity contribution in [2.24, 2.45) is 11.1 Å². The minimum absolute atomic E-state index is 0.101. The van der Waals surface area contributed by atoms with Crippen LogP contribution in [-0.2, 0) is 14.6 Å². The van der Waals surface area contributed by atoms with Crippen LogP contribution in [0.25, 0.3) is 0 Å². The Labute approximate surface area is 102 Å². The van der Waals surface area contributed by atoms with Crippen LogP contribution in [0.3, 0.4) is 0 Å². The van der Waals surface area contributed by atoms with Crippen molar-refractivity contribution in [3.8, 4) is 0 Å². The van der Waals surface area contributed by atoms with Crippen molar-refractivity contribution in [1.82, 2.24) is 0 Å². The van der Waals surface area contributed by atoms with E-state index in [2.05, 4.69) is 0 Å². The van der Waals surface area contributed by atoms with E-state index in [-0.39, 0.29) is 16.4 Å². The largest absolute Gasteiger partial charge is 0.398 e. The standard InChI is InChI=1S/C12H19NO3S/c1-12(11-4-3-7-16-11)6-5-9(13)10(8-12)17(2,14)15/h5,8,11H,3-4,6-7,13H2,1-2H3/t11-,12?/m0/s1. The molecule has 0 amide bonds. The molecule has 2 N–H and O–H groups in total. The summed E-state index contributed by atoms with van der Waals surface area (Å²) in [4.78, 5) is 0.252. The van der Waals surface area contributed by atoms with Crippen LogP contribution in [0.15, 0.2) is 22.8 Å². The monoisotopic (exact) mass is 257 g/mol. The van der Waals surface area contributed by atoms with Crippen molar-refractivity contribution in [1.29, 1.82) is 0 Å². The van der Waals surface area contributed by atoms with Crippen LogP contribution in [-0.4, -0.2) is 27.4 Å². The number of hydrogen-bond donors (Lipinski definition) is 1. The van der Waals surface area contributed by atoms with E-state index in [0.29, 0.717) is 5.70 Å². The van der Waals surface area contributed by atoms with Crippen LogP contribution in [0.5, 0.6) is 0 Å². The molecule has 0 aromatic rings. The van der Waals surface area contributed by atoms with Crippen LogP contribution in [0.1, 0.15) is 26.2 Å². The average molecular weight is 257 g/mol. The fraction of sp³-hybridized carbons (Fsp3) is 0.667. The molecule has 0 aromatic heterocycles. The fourth-order valence-electron chi connectivity index (χ4n) is 2.52. The molecule has 1 unspecified atom stereocenters. The van der Waals surface area contributed by atoms with Gasteiger partial charge in [-0.2, -0.15) is 0 Å². The molecule has 1 saturated heterocycles. The van der Waals surface area contributed by atoms with Gasteiger partial charge in [-0.1, -0.05) is 19.1 Å². The molecule has 2 atom stereocenters. The van der Waals surface area contributed by atoms with Gasteiger partial charge >= 0.3 is 0 Å². The maximum absolute atomic E-state index is 11.7. The molecule has 0 spiro atoms. The number of allylic oxidation sites excluding steroid dienone is 1. The van der Waals surface area contributed by atoms with Crippen molar-refractivity contribution < 1.29 is 13.2 Å². The van der Waals surface area contributed by atoms with Crippen LogP contribution in [0.2, 0.25) is 0 Å². The van der Waals surface area contributed by atoms with Gasteiger partial charge in [0.15, 0.2) is 9.84 Å². The van der Waals surface area contributed by atoms with E-state index in [4.69, 9.17) is 10.5 Å². The third-order valence-corrected chi connectivity index (χ3v) is 4.72. The Kier molecular flexibility index (Phi) is 3.08. The van der Waals surface area contributed by atoms with E-state index in [1.807, 2.05) is 6.92 Å². The topological polar surface area (TPSA) is 69.4 Å². The van der Waals surface area contributed by atoms with E-state index >= 15 is 0 Å². The zero-order chi connectivity index (χ0) is 12.7. The van der Waals surface area contributed by atoms with Gasteiger partial charge in [0.2, 0.25) is 0 Å². The van der Waals surface area contributed by atoms with Gasteiger partial charge in [-0.25, -0.2) is 8.42 Å². The summed E-state index contributed by atoms with van der Waals surface area (Å²) < 4.78 is 29.0. The second-order valence-electron chi connectivity index (χ2n) is 5.15. The molecular weight excluding hydrogens is 238 g/mol. The molecule has 1 heterocycles. The third-order valence-electron chi connectivity index (χ3n) is 3.57. The van der Waals surface area contributed by atoms with E-state index in [0.717, 1.165) is 25.9 Å². The average Bonchev–Trinajstić information content (AvgIpc) is 2.74. The van der Waals surface area contributed by atoms with E-state index in [9.17, 15) is 8.42 Å². The van der Waals surface area contributed by atoms with Gasteiger partial charge in [-0.15, -0.1) is 0 Å². The van der Waals surface area contributed by atoms with Crippen LogP contribution >= 0.6 is 0 Å². The summed E-state index contributed by atoms with van der Waals surface area (Å²) in [5.41, 5.74) is 5.87. The van der Waals surface area contributed by atoms with Gasteiger partial charge in [-0.3, -0.25) is 0 Å². The molecule has 2 aliphatic rings. The molecule has 0 saturated carbocycles. The first-order chi connectivity index (χ1) is 7.83. The number of nitrogens with two attached hydrogens (primary N) is 1. The summed E-state index contributed by atoms with van der Waals surface area (Å²) in [6.45, 7) is 2.80. The minimum Gasteiger partial charge on any atom is -0.398 e. The Morgan fingerprint density at radius 1 is 1.53 bits per heavy atom. The quantitative estimate of drug-likeness (QED) is 0.810. The second kappa shape index (κ2) is 4.14. The van der Waals surface area contributed by atoms with Gasteiger partial charge in [-0.05, 0) is 19.3 Å². The lowest BCUT2D eigenvalue weighted by Crippen LogP contribution is -2.33. The molecule has 0 radical (unpaired) electrons. The van der Waals surface area contributed by atoms with Crippen LogP contribution < -0.4 is 5.73 Å². The SMILES string of the molecule is CC1([C@@H]2CCCO2)C=C(S(C)(=O)=O)C(N)=CC1. The van der Waals surface area contributed by atoms with Crippen molar-refractivity contribution in [2.75, 3.05) is 12.9 Å².